The molecular formula is C36H41NO2S. The molecule has 0 saturated heterocycles. The molecule has 0 aromatic heterocycles. The third kappa shape index (κ3) is 6.86. The summed E-state index contributed by atoms with van der Waals surface area (Å²) in [4.78, 5) is 16.4. The van der Waals surface area contributed by atoms with Crippen LogP contribution in [0.5, 0.6) is 0 Å². The van der Waals surface area contributed by atoms with Gasteiger partial charge in [-0.15, -0.1) is 11.8 Å². The lowest BCUT2D eigenvalue weighted by Gasteiger charge is -2.38. The Morgan fingerprint density at radius 2 is 1.10 bits per heavy atom. The summed E-state index contributed by atoms with van der Waals surface area (Å²) < 4.78 is 5.88. The smallest absolute Gasteiger partial charge is 0.319 e. The van der Waals surface area contributed by atoms with E-state index in [0.717, 1.165) is 22.3 Å². The Kier molecular flexibility index (Phi) is 10.2. The van der Waals surface area contributed by atoms with Crippen LogP contribution in [0.25, 0.3) is 0 Å². The van der Waals surface area contributed by atoms with Gasteiger partial charge >= 0.3 is 5.97 Å². The van der Waals surface area contributed by atoms with E-state index in [4.69, 9.17) is 4.74 Å². The number of carbonyl (C=O) groups excluding carboxylic acids is 1. The first-order valence-corrected chi connectivity index (χ1v) is 15.0. The van der Waals surface area contributed by atoms with Gasteiger partial charge in [0.05, 0.1) is 4.75 Å². The molecule has 4 rings (SSSR count). The van der Waals surface area contributed by atoms with Gasteiger partial charge in [0, 0.05) is 6.04 Å². The van der Waals surface area contributed by atoms with E-state index >= 15 is 0 Å². The monoisotopic (exact) mass is 551 g/mol. The number of likely N-dealkylation sites (N-methyl/N-ethyl adjacent to an activating group) is 1. The van der Waals surface area contributed by atoms with E-state index in [9.17, 15) is 4.79 Å². The highest BCUT2D eigenvalue weighted by atomic mass is 32.2. The number of esters is 1. The number of hydrogen-bond acceptors (Lipinski definition) is 4. The summed E-state index contributed by atoms with van der Waals surface area (Å²) >= 11 is 1.70. The van der Waals surface area contributed by atoms with Crippen LogP contribution in [-0.2, 0) is 14.3 Å². The lowest BCUT2D eigenvalue weighted by molar-refractivity contribution is -0.152. The molecule has 208 valence electrons. The van der Waals surface area contributed by atoms with Gasteiger partial charge in [-0.25, -0.2) is 0 Å². The summed E-state index contributed by atoms with van der Waals surface area (Å²) in [5.74, 6) is 0.139. The molecule has 0 N–H and O–H groups in total. The molecule has 0 aliphatic rings. The second-order valence-electron chi connectivity index (χ2n) is 11.0. The minimum Gasteiger partial charge on any atom is -0.455 e. The third-order valence-electron chi connectivity index (χ3n) is 7.43. The van der Waals surface area contributed by atoms with Gasteiger partial charge in [-0.2, -0.15) is 0 Å². The van der Waals surface area contributed by atoms with Crippen molar-refractivity contribution in [2.24, 2.45) is 5.92 Å². The number of thioether (sulfide) groups is 1. The van der Waals surface area contributed by atoms with Gasteiger partial charge in [0.25, 0.3) is 0 Å². The number of rotatable bonds is 12. The fraction of sp³-hybridized carbons (Fsp3) is 0.306. The van der Waals surface area contributed by atoms with Crippen molar-refractivity contribution in [1.29, 1.82) is 0 Å². The van der Waals surface area contributed by atoms with Crippen molar-refractivity contribution >= 4 is 17.7 Å². The Balaban J connectivity index is 1.82. The van der Waals surface area contributed by atoms with Gasteiger partial charge in [0.1, 0.15) is 11.4 Å². The number of nitrogens with zero attached hydrogens (tertiary/aromatic N) is 1. The molecule has 0 amide bonds. The maximum atomic E-state index is 14.3. The summed E-state index contributed by atoms with van der Waals surface area (Å²) in [5, 5.41) is -0.388. The van der Waals surface area contributed by atoms with E-state index in [1.807, 2.05) is 62.6 Å². The average molecular weight is 552 g/mol. The van der Waals surface area contributed by atoms with Crippen molar-refractivity contribution in [2.45, 2.75) is 49.3 Å². The summed E-state index contributed by atoms with van der Waals surface area (Å²) in [6.45, 7) is 6.46. The molecule has 0 saturated carbocycles. The number of benzene rings is 4. The van der Waals surface area contributed by atoms with Crippen molar-refractivity contribution in [3.05, 3.63) is 144 Å². The summed E-state index contributed by atoms with van der Waals surface area (Å²) in [5.41, 5.74) is 4.42. The number of ether oxygens (including phenoxy) is 1. The highest BCUT2D eigenvalue weighted by Gasteiger charge is 2.42. The lowest BCUT2D eigenvalue weighted by atomic mass is 9.84. The molecule has 0 aliphatic carbocycles. The zero-order valence-electron chi connectivity index (χ0n) is 24.2. The van der Waals surface area contributed by atoms with E-state index < -0.39 is 4.75 Å². The first-order valence-electron chi connectivity index (χ1n) is 14.1. The van der Waals surface area contributed by atoms with Crippen LogP contribution in [-0.4, -0.2) is 36.3 Å². The van der Waals surface area contributed by atoms with Crippen molar-refractivity contribution < 1.29 is 9.53 Å². The van der Waals surface area contributed by atoms with Crippen LogP contribution in [0.4, 0.5) is 0 Å². The lowest BCUT2D eigenvalue weighted by Crippen LogP contribution is -2.37. The Labute approximate surface area is 244 Å². The van der Waals surface area contributed by atoms with Gasteiger partial charge in [-0.3, -0.25) is 4.79 Å². The molecule has 0 radical (unpaired) electrons. The van der Waals surface area contributed by atoms with Crippen LogP contribution in [0.3, 0.4) is 0 Å². The molecule has 0 spiro atoms. The summed E-state index contributed by atoms with van der Waals surface area (Å²) in [7, 11) is 4.06. The normalized spacial score (nSPS) is 14.1. The van der Waals surface area contributed by atoms with Crippen LogP contribution in [0, 0.1) is 5.92 Å². The van der Waals surface area contributed by atoms with Crippen LogP contribution in [0.1, 0.15) is 55.5 Å². The highest BCUT2D eigenvalue weighted by Crippen LogP contribution is 2.51. The second-order valence-corrected chi connectivity index (χ2v) is 12.4. The standard InChI is InChI=1S/C36H41NO2S/c1-27(2)26-33(35(38)39-34(28(3)37(4)5)29-18-10-6-11-19-29)40-36(30-20-12-7-13-21-30,31-22-14-8-15-23-31)32-24-16-9-17-25-32/h6-25,27-28,33-34H,26H2,1-5H3/t28-,33-,34+/m0/s1. The zero-order chi connectivity index (χ0) is 28.5. The predicted octanol–water partition coefficient (Wildman–Crippen LogP) is 8.36. The van der Waals surface area contributed by atoms with Gasteiger partial charge in [0.15, 0.2) is 0 Å². The van der Waals surface area contributed by atoms with E-state index in [1.165, 1.54) is 0 Å². The molecule has 0 aliphatic heterocycles. The van der Waals surface area contributed by atoms with Gasteiger partial charge in [-0.05, 0) is 55.6 Å². The van der Waals surface area contributed by atoms with E-state index in [0.29, 0.717) is 12.3 Å². The molecule has 4 aromatic carbocycles. The first-order chi connectivity index (χ1) is 19.3. The molecular weight excluding hydrogens is 510 g/mol. The quantitative estimate of drug-likeness (QED) is 0.131. The fourth-order valence-corrected chi connectivity index (χ4v) is 6.99. The van der Waals surface area contributed by atoms with Crippen LogP contribution in [0.15, 0.2) is 121 Å². The van der Waals surface area contributed by atoms with Crippen molar-refractivity contribution in [3.8, 4) is 0 Å². The first kappa shape index (κ1) is 29.6. The second kappa shape index (κ2) is 13.8. The Morgan fingerprint density at radius 1 is 0.700 bits per heavy atom. The minimum absolute atomic E-state index is 0.0122. The van der Waals surface area contributed by atoms with E-state index in [2.05, 4.69) is 98.5 Å². The highest BCUT2D eigenvalue weighted by molar-refractivity contribution is 8.01. The molecule has 0 heterocycles. The van der Waals surface area contributed by atoms with Gasteiger partial charge < -0.3 is 9.64 Å². The minimum atomic E-state index is -0.599. The Bertz CT molecular complexity index is 1210. The van der Waals surface area contributed by atoms with Crippen LogP contribution >= 0.6 is 11.8 Å². The molecule has 3 nitrogen and oxygen atoms in total. The Hall–Kier alpha value is -3.34. The van der Waals surface area contributed by atoms with Crippen molar-refractivity contribution in [2.75, 3.05) is 14.1 Å². The van der Waals surface area contributed by atoms with Gasteiger partial charge in [0.2, 0.25) is 0 Å². The van der Waals surface area contributed by atoms with Crippen LogP contribution in [0.2, 0.25) is 0 Å². The summed E-state index contributed by atoms with van der Waals surface area (Å²) in [6.07, 6.45) is 0.328. The number of hydrogen-bond donors (Lipinski definition) is 0. The van der Waals surface area contributed by atoms with Crippen molar-refractivity contribution in [1.82, 2.24) is 4.90 Å². The third-order valence-corrected chi connectivity index (χ3v) is 9.16. The predicted molar refractivity (Wildman–Crippen MR) is 168 cm³/mol. The zero-order valence-corrected chi connectivity index (χ0v) is 25.1. The molecule has 0 bridgehead atoms. The molecule has 0 unspecified atom stereocenters. The maximum Gasteiger partial charge on any atom is 0.319 e. The van der Waals surface area contributed by atoms with E-state index in [1.54, 1.807) is 11.8 Å². The molecule has 3 atom stereocenters. The van der Waals surface area contributed by atoms with Gasteiger partial charge in [-0.1, -0.05) is 135 Å². The number of carbonyl (C=O) groups is 1. The molecule has 4 aromatic rings. The largest absolute Gasteiger partial charge is 0.455 e. The van der Waals surface area contributed by atoms with Crippen molar-refractivity contribution in [3.63, 3.8) is 0 Å². The topological polar surface area (TPSA) is 29.5 Å². The summed E-state index contributed by atoms with van der Waals surface area (Å²) in [6, 6.07) is 41.8. The average Bonchev–Trinajstić information content (AvgIpc) is 2.99. The SMILES string of the molecule is CC(C)C[C@H](SC(c1ccccc1)(c1ccccc1)c1ccccc1)C(=O)O[C@@H](c1ccccc1)[C@H](C)N(C)C. The molecule has 40 heavy (non-hydrogen) atoms. The fourth-order valence-electron chi connectivity index (χ4n) is 5.12. The Morgan fingerprint density at radius 3 is 1.48 bits per heavy atom. The molecule has 0 fully saturated rings. The van der Waals surface area contributed by atoms with Crippen LogP contribution < -0.4 is 0 Å². The molecule has 4 heteroatoms. The van der Waals surface area contributed by atoms with E-state index in [-0.39, 0.29) is 23.4 Å². The maximum absolute atomic E-state index is 14.3.